The van der Waals surface area contributed by atoms with Crippen LogP contribution in [0.15, 0.2) is 18.2 Å². The number of primary amides is 1. The smallest absolute Gasteiger partial charge is 0.231 e. The molecule has 1 amide bonds. The average Bonchev–Trinajstić information content (AvgIpc) is 2.08. The lowest BCUT2D eigenvalue weighted by Crippen LogP contribution is -2.28. The number of aryl methyl sites for hydroxylation is 1. The molecule has 0 aromatic heterocycles. The van der Waals surface area contributed by atoms with Crippen LogP contribution in [0.3, 0.4) is 0 Å². The molecular weight excluding hydrogens is 183 g/mol. The highest BCUT2D eigenvalue weighted by Crippen LogP contribution is 2.09. The largest absolute Gasteiger partial charge is 0.369 e. The van der Waals surface area contributed by atoms with Crippen molar-refractivity contribution in [3.8, 4) is 0 Å². The molecule has 1 aromatic carbocycles. The van der Waals surface area contributed by atoms with E-state index >= 15 is 0 Å². The summed E-state index contributed by atoms with van der Waals surface area (Å²) < 4.78 is 12.7. The molecule has 0 spiro atoms. The Labute approximate surface area is 82.1 Å². The summed E-state index contributed by atoms with van der Waals surface area (Å²) in [5, 5.41) is 2.86. The van der Waals surface area contributed by atoms with E-state index in [0.717, 1.165) is 11.1 Å². The summed E-state index contributed by atoms with van der Waals surface area (Å²) in [5.41, 5.74) is 6.79. The Morgan fingerprint density at radius 1 is 1.57 bits per heavy atom. The third kappa shape index (κ3) is 3.14. The maximum absolute atomic E-state index is 12.7. The molecule has 0 saturated carbocycles. The van der Waals surface area contributed by atoms with E-state index < -0.39 is 5.91 Å². The monoisotopic (exact) mass is 196 g/mol. The molecule has 0 radical (unpaired) electrons. The van der Waals surface area contributed by atoms with Gasteiger partial charge >= 0.3 is 0 Å². The van der Waals surface area contributed by atoms with Crippen LogP contribution in [0.4, 0.5) is 4.39 Å². The van der Waals surface area contributed by atoms with Gasteiger partial charge in [-0.3, -0.25) is 4.79 Å². The van der Waals surface area contributed by atoms with E-state index in [1.54, 1.807) is 6.07 Å². The standard InChI is InChI=1S/C10H13FN2O/c1-7-4-9(11)3-2-8(7)5-13-6-10(12)14/h2-4,13H,5-6H2,1H3,(H2,12,14). The fourth-order valence-electron chi connectivity index (χ4n) is 1.18. The van der Waals surface area contributed by atoms with Crippen molar-refractivity contribution >= 4 is 5.91 Å². The molecule has 0 aliphatic carbocycles. The number of halogens is 1. The van der Waals surface area contributed by atoms with Crippen LogP contribution < -0.4 is 11.1 Å². The van der Waals surface area contributed by atoms with Crippen molar-refractivity contribution in [2.45, 2.75) is 13.5 Å². The zero-order valence-electron chi connectivity index (χ0n) is 8.01. The van der Waals surface area contributed by atoms with Crippen LogP contribution in [-0.2, 0) is 11.3 Å². The van der Waals surface area contributed by atoms with Gasteiger partial charge in [-0.05, 0) is 30.2 Å². The molecule has 0 bridgehead atoms. The van der Waals surface area contributed by atoms with Crippen molar-refractivity contribution in [3.63, 3.8) is 0 Å². The molecule has 4 heteroatoms. The van der Waals surface area contributed by atoms with Gasteiger partial charge in [-0.2, -0.15) is 0 Å². The van der Waals surface area contributed by atoms with E-state index in [1.165, 1.54) is 12.1 Å². The highest BCUT2D eigenvalue weighted by molar-refractivity contribution is 5.75. The lowest BCUT2D eigenvalue weighted by molar-refractivity contribution is -0.117. The molecular formula is C10H13FN2O. The molecule has 1 rings (SSSR count). The van der Waals surface area contributed by atoms with Gasteiger partial charge in [0, 0.05) is 6.54 Å². The van der Waals surface area contributed by atoms with Crippen LogP contribution in [0.5, 0.6) is 0 Å². The summed E-state index contributed by atoms with van der Waals surface area (Å²) in [7, 11) is 0. The second kappa shape index (κ2) is 4.72. The molecule has 76 valence electrons. The van der Waals surface area contributed by atoms with E-state index in [0.29, 0.717) is 6.54 Å². The summed E-state index contributed by atoms with van der Waals surface area (Å²) in [4.78, 5) is 10.4. The molecule has 3 nitrogen and oxygen atoms in total. The summed E-state index contributed by atoms with van der Waals surface area (Å²) in [6.07, 6.45) is 0. The minimum absolute atomic E-state index is 0.136. The van der Waals surface area contributed by atoms with Gasteiger partial charge in [-0.1, -0.05) is 6.07 Å². The summed E-state index contributed by atoms with van der Waals surface area (Å²) in [5.74, 6) is -0.647. The summed E-state index contributed by atoms with van der Waals surface area (Å²) >= 11 is 0. The Morgan fingerprint density at radius 3 is 2.86 bits per heavy atom. The number of rotatable bonds is 4. The van der Waals surface area contributed by atoms with Gasteiger partial charge in [-0.25, -0.2) is 4.39 Å². The van der Waals surface area contributed by atoms with Crippen LogP contribution >= 0.6 is 0 Å². The fraction of sp³-hybridized carbons (Fsp3) is 0.300. The van der Waals surface area contributed by atoms with Crippen LogP contribution in [0, 0.1) is 12.7 Å². The Bertz CT molecular complexity index is 339. The third-order valence-electron chi connectivity index (χ3n) is 1.92. The van der Waals surface area contributed by atoms with Gasteiger partial charge in [0.25, 0.3) is 0 Å². The number of hydrogen-bond donors (Lipinski definition) is 2. The molecule has 0 aliphatic rings. The lowest BCUT2D eigenvalue weighted by Gasteiger charge is -2.06. The van der Waals surface area contributed by atoms with Crippen molar-refractivity contribution in [3.05, 3.63) is 35.1 Å². The maximum Gasteiger partial charge on any atom is 0.231 e. The quantitative estimate of drug-likeness (QED) is 0.745. The normalized spacial score (nSPS) is 10.1. The number of nitrogens with two attached hydrogens (primary N) is 1. The number of carbonyl (C=O) groups excluding carboxylic acids is 1. The van der Waals surface area contributed by atoms with E-state index in [2.05, 4.69) is 5.32 Å². The Morgan fingerprint density at radius 2 is 2.29 bits per heavy atom. The topological polar surface area (TPSA) is 55.1 Å². The molecule has 0 atom stereocenters. The lowest BCUT2D eigenvalue weighted by atomic mass is 10.1. The van der Waals surface area contributed by atoms with Crippen molar-refractivity contribution in [1.29, 1.82) is 0 Å². The second-order valence-electron chi connectivity index (χ2n) is 3.14. The third-order valence-corrected chi connectivity index (χ3v) is 1.92. The molecule has 0 saturated heterocycles. The van der Waals surface area contributed by atoms with E-state index in [1.807, 2.05) is 6.92 Å². The van der Waals surface area contributed by atoms with Crippen molar-refractivity contribution in [2.24, 2.45) is 5.73 Å². The Kier molecular flexibility index (Phi) is 3.59. The number of amides is 1. The number of carbonyl (C=O) groups is 1. The Balaban J connectivity index is 2.55. The van der Waals surface area contributed by atoms with Gasteiger partial charge in [0.1, 0.15) is 5.82 Å². The SMILES string of the molecule is Cc1cc(F)ccc1CNCC(N)=O. The van der Waals surface area contributed by atoms with Crippen LogP contribution in [0.1, 0.15) is 11.1 Å². The number of benzene rings is 1. The van der Waals surface area contributed by atoms with Gasteiger partial charge < -0.3 is 11.1 Å². The van der Waals surface area contributed by atoms with Crippen molar-refractivity contribution < 1.29 is 9.18 Å². The summed E-state index contributed by atoms with van der Waals surface area (Å²) in [6, 6.07) is 4.55. The molecule has 3 N–H and O–H groups in total. The van der Waals surface area contributed by atoms with Gasteiger partial charge in [0.15, 0.2) is 0 Å². The average molecular weight is 196 g/mol. The molecule has 0 heterocycles. The highest BCUT2D eigenvalue weighted by atomic mass is 19.1. The predicted molar refractivity (Wildman–Crippen MR) is 52.0 cm³/mol. The summed E-state index contributed by atoms with van der Waals surface area (Å²) in [6.45, 7) is 2.48. The first-order valence-corrected chi connectivity index (χ1v) is 4.33. The zero-order chi connectivity index (χ0) is 10.6. The van der Waals surface area contributed by atoms with Gasteiger partial charge in [-0.15, -0.1) is 0 Å². The van der Waals surface area contributed by atoms with E-state index in [4.69, 9.17) is 5.73 Å². The fourth-order valence-corrected chi connectivity index (χ4v) is 1.18. The first kappa shape index (κ1) is 10.7. The molecule has 0 aliphatic heterocycles. The molecule has 14 heavy (non-hydrogen) atoms. The van der Waals surface area contributed by atoms with E-state index in [-0.39, 0.29) is 12.4 Å². The van der Waals surface area contributed by atoms with Crippen LogP contribution in [-0.4, -0.2) is 12.5 Å². The molecule has 0 unspecified atom stereocenters. The highest BCUT2D eigenvalue weighted by Gasteiger charge is 2.00. The second-order valence-corrected chi connectivity index (χ2v) is 3.14. The van der Waals surface area contributed by atoms with E-state index in [9.17, 15) is 9.18 Å². The molecule has 0 fully saturated rings. The maximum atomic E-state index is 12.7. The van der Waals surface area contributed by atoms with Crippen molar-refractivity contribution in [1.82, 2.24) is 5.32 Å². The minimum Gasteiger partial charge on any atom is -0.369 e. The van der Waals surface area contributed by atoms with Crippen LogP contribution in [0.2, 0.25) is 0 Å². The first-order chi connectivity index (χ1) is 6.59. The van der Waals surface area contributed by atoms with Crippen molar-refractivity contribution in [2.75, 3.05) is 6.54 Å². The van der Waals surface area contributed by atoms with Crippen LogP contribution in [0.25, 0.3) is 0 Å². The Hall–Kier alpha value is -1.42. The minimum atomic E-state index is -0.398. The first-order valence-electron chi connectivity index (χ1n) is 4.33. The predicted octanol–water partition coefficient (Wildman–Crippen LogP) is 0.709. The number of nitrogens with one attached hydrogen (secondary N) is 1. The number of hydrogen-bond acceptors (Lipinski definition) is 2. The zero-order valence-corrected chi connectivity index (χ0v) is 8.01. The van der Waals surface area contributed by atoms with Gasteiger partial charge in [0.05, 0.1) is 6.54 Å². The molecule has 1 aromatic rings. The van der Waals surface area contributed by atoms with Gasteiger partial charge in [0.2, 0.25) is 5.91 Å².